The molecular formula is C19H29FN2O3. The summed E-state index contributed by atoms with van der Waals surface area (Å²) in [6.07, 6.45) is -0.546. The first-order chi connectivity index (χ1) is 11.3. The second-order valence-corrected chi connectivity index (χ2v) is 7.85. The Morgan fingerprint density at radius 2 is 1.80 bits per heavy atom. The molecule has 1 rings (SSSR count). The number of carbonyl (C=O) groups excluding carboxylic acids is 2. The van der Waals surface area contributed by atoms with Crippen molar-refractivity contribution in [1.29, 1.82) is 0 Å². The number of benzene rings is 1. The fourth-order valence-corrected chi connectivity index (χ4v) is 2.03. The van der Waals surface area contributed by atoms with Crippen molar-refractivity contribution in [2.45, 2.75) is 59.6 Å². The SMILES string of the molecule is Cc1ccc(C(=O)NC(C)(CNC(=O)OC(C)(C)C)C(C)C)cc1F. The lowest BCUT2D eigenvalue weighted by molar-refractivity contribution is 0.0497. The Kier molecular flexibility index (Phi) is 6.57. The number of carbonyl (C=O) groups is 2. The molecular weight excluding hydrogens is 323 g/mol. The Balaban J connectivity index is 2.82. The zero-order valence-electron chi connectivity index (χ0n) is 16.1. The van der Waals surface area contributed by atoms with E-state index in [-0.39, 0.29) is 23.9 Å². The molecule has 0 fully saturated rings. The first-order valence-corrected chi connectivity index (χ1v) is 8.39. The number of hydrogen-bond donors (Lipinski definition) is 2. The summed E-state index contributed by atoms with van der Waals surface area (Å²) < 4.78 is 18.9. The lowest BCUT2D eigenvalue weighted by Crippen LogP contribution is -2.57. The van der Waals surface area contributed by atoms with Gasteiger partial charge in [-0.1, -0.05) is 19.9 Å². The van der Waals surface area contributed by atoms with E-state index in [1.807, 2.05) is 20.8 Å². The van der Waals surface area contributed by atoms with Crippen LogP contribution in [-0.2, 0) is 4.74 Å². The molecule has 25 heavy (non-hydrogen) atoms. The van der Waals surface area contributed by atoms with E-state index >= 15 is 0 Å². The van der Waals surface area contributed by atoms with Gasteiger partial charge in [-0.3, -0.25) is 4.79 Å². The van der Waals surface area contributed by atoms with Gasteiger partial charge < -0.3 is 15.4 Å². The highest BCUT2D eigenvalue weighted by atomic mass is 19.1. The van der Waals surface area contributed by atoms with Crippen LogP contribution in [0.5, 0.6) is 0 Å². The van der Waals surface area contributed by atoms with E-state index in [0.29, 0.717) is 5.56 Å². The van der Waals surface area contributed by atoms with Crippen molar-refractivity contribution in [3.05, 3.63) is 35.1 Å². The first kappa shape index (κ1) is 20.9. The summed E-state index contributed by atoms with van der Waals surface area (Å²) in [4.78, 5) is 24.4. The maximum Gasteiger partial charge on any atom is 0.407 e. The molecule has 6 heteroatoms. The zero-order valence-corrected chi connectivity index (χ0v) is 16.1. The fourth-order valence-electron chi connectivity index (χ4n) is 2.03. The van der Waals surface area contributed by atoms with E-state index in [0.717, 1.165) is 0 Å². The van der Waals surface area contributed by atoms with Gasteiger partial charge in [0.1, 0.15) is 11.4 Å². The van der Waals surface area contributed by atoms with Crippen LogP contribution in [0.15, 0.2) is 18.2 Å². The van der Waals surface area contributed by atoms with E-state index in [1.54, 1.807) is 39.8 Å². The lowest BCUT2D eigenvalue weighted by Gasteiger charge is -2.35. The molecule has 0 aliphatic rings. The third kappa shape index (κ3) is 6.36. The minimum Gasteiger partial charge on any atom is -0.444 e. The van der Waals surface area contributed by atoms with Crippen molar-refractivity contribution in [2.75, 3.05) is 6.54 Å². The molecule has 0 aromatic heterocycles. The number of hydrogen-bond acceptors (Lipinski definition) is 3. The summed E-state index contributed by atoms with van der Waals surface area (Å²) in [5.41, 5.74) is -0.585. The Morgan fingerprint density at radius 1 is 1.20 bits per heavy atom. The van der Waals surface area contributed by atoms with E-state index in [9.17, 15) is 14.0 Å². The van der Waals surface area contributed by atoms with Crippen LogP contribution in [0.3, 0.4) is 0 Å². The topological polar surface area (TPSA) is 67.4 Å². The van der Waals surface area contributed by atoms with Crippen LogP contribution in [0.2, 0.25) is 0 Å². The summed E-state index contributed by atoms with van der Waals surface area (Å²) in [6, 6.07) is 4.36. The molecule has 0 saturated carbocycles. The molecule has 0 radical (unpaired) electrons. The van der Waals surface area contributed by atoms with Crippen LogP contribution < -0.4 is 10.6 Å². The zero-order chi connectivity index (χ0) is 19.4. The third-order valence-electron chi connectivity index (χ3n) is 4.11. The molecule has 0 saturated heterocycles. The molecule has 0 aliphatic carbocycles. The molecule has 2 N–H and O–H groups in total. The minimum atomic E-state index is -0.713. The number of halogens is 1. The predicted molar refractivity (Wildman–Crippen MR) is 96.1 cm³/mol. The maximum atomic E-state index is 13.7. The monoisotopic (exact) mass is 352 g/mol. The Bertz CT molecular complexity index is 638. The van der Waals surface area contributed by atoms with Gasteiger partial charge in [-0.2, -0.15) is 0 Å². The molecule has 1 atom stereocenters. The Labute approximate surface area is 149 Å². The van der Waals surface area contributed by atoms with Gasteiger partial charge >= 0.3 is 6.09 Å². The first-order valence-electron chi connectivity index (χ1n) is 8.39. The third-order valence-corrected chi connectivity index (χ3v) is 4.11. The van der Waals surface area contributed by atoms with E-state index < -0.39 is 23.1 Å². The van der Waals surface area contributed by atoms with E-state index in [1.165, 1.54) is 6.07 Å². The summed E-state index contributed by atoms with van der Waals surface area (Å²) in [5.74, 6) is -0.784. The van der Waals surface area contributed by atoms with Crippen LogP contribution in [-0.4, -0.2) is 29.7 Å². The largest absolute Gasteiger partial charge is 0.444 e. The molecule has 5 nitrogen and oxygen atoms in total. The second kappa shape index (κ2) is 7.85. The van der Waals surface area contributed by atoms with E-state index in [4.69, 9.17) is 4.74 Å². The molecule has 2 amide bonds. The molecule has 1 aromatic rings. The quantitative estimate of drug-likeness (QED) is 0.847. The molecule has 140 valence electrons. The number of amides is 2. The number of ether oxygens (including phenoxy) is 1. The van der Waals surface area contributed by atoms with Crippen LogP contribution in [0.1, 0.15) is 57.5 Å². The normalized spacial score (nSPS) is 14.0. The summed E-state index contributed by atoms with van der Waals surface area (Å²) >= 11 is 0. The highest BCUT2D eigenvalue weighted by molar-refractivity contribution is 5.94. The minimum absolute atomic E-state index is 0.0293. The molecule has 0 bridgehead atoms. The van der Waals surface area contributed by atoms with E-state index in [2.05, 4.69) is 10.6 Å². The van der Waals surface area contributed by atoms with Gasteiger partial charge in [0.15, 0.2) is 0 Å². The average Bonchev–Trinajstić information content (AvgIpc) is 2.46. The number of alkyl carbamates (subject to hydrolysis) is 1. The van der Waals surface area contributed by atoms with Crippen molar-refractivity contribution >= 4 is 12.0 Å². The fraction of sp³-hybridized carbons (Fsp3) is 0.579. The molecule has 0 spiro atoms. The second-order valence-electron chi connectivity index (χ2n) is 7.85. The summed E-state index contributed by atoms with van der Waals surface area (Å²) in [5, 5.41) is 5.59. The van der Waals surface area contributed by atoms with Crippen LogP contribution in [0.4, 0.5) is 9.18 Å². The number of nitrogens with one attached hydrogen (secondary N) is 2. The van der Waals surface area contributed by atoms with Gasteiger partial charge in [0.25, 0.3) is 5.91 Å². The molecule has 1 unspecified atom stereocenters. The lowest BCUT2D eigenvalue weighted by atomic mass is 9.88. The maximum absolute atomic E-state index is 13.7. The number of rotatable bonds is 5. The average molecular weight is 352 g/mol. The Morgan fingerprint density at radius 3 is 2.28 bits per heavy atom. The molecule has 0 heterocycles. The van der Waals surface area contributed by atoms with Crippen LogP contribution in [0, 0.1) is 18.7 Å². The van der Waals surface area contributed by atoms with Crippen LogP contribution in [0.25, 0.3) is 0 Å². The van der Waals surface area contributed by atoms with Crippen molar-refractivity contribution in [2.24, 2.45) is 5.92 Å². The van der Waals surface area contributed by atoms with Gasteiger partial charge in [0.05, 0.1) is 5.54 Å². The highest BCUT2D eigenvalue weighted by Gasteiger charge is 2.32. The summed E-state index contributed by atoms with van der Waals surface area (Å²) in [7, 11) is 0. The standard InChI is InChI=1S/C19H29FN2O3/c1-12(2)19(7,11-21-17(24)25-18(4,5)6)22-16(23)14-9-8-13(3)15(20)10-14/h8-10,12H,11H2,1-7H3,(H,21,24)(H,22,23). The van der Waals surface area contributed by atoms with Gasteiger partial charge in [-0.25, -0.2) is 9.18 Å². The number of aryl methyl sites for hydroxylation is 1. The highest BCUT2D eigenvalue weighted by Crippen LogP contribution is 2.18. The van der Waals surface area contributed by atoms with Crippen molar-refractivity contribution in [3.63, 3.8) is 0 Å². The molecule has 1 aromatic carbocycles. The molecule has 0 aliphatic heterocycles. The predicted octanol–water partition coefficient (Wildman–Crippen LogP) is 3.80. The van der Waals surface area contributed by atoms with Crippen molar-refractivity contribution in [3.8, 4) is 0 Å². The van der Waals surface area contributed by atoms with Crippen molar-refractivity contribution in [1.82, 2.24) is 10.6 Å². The van der Waals surface area contributed by atoms with Gasteiger partial charge in [0, 0.05) is 12.1 Å². The van der Waals surface area contributed by atoms with Gasteiger partial charge in [0.2, 0.25) is 0 Å². The van der Waals surface area contributed by atoms with Crippen LogP contribution >= 0.6 is 0 Å². The smallest absolute Gasteiger partial charge is 0.407 e. The van der Waals surface area contributed by atoms with Gasteiger partial charge in [-0.15, -0.1) is 0 Å². The van der Waals surface area contributed by atoms with Gasteiger partial charge in [-0.05, 0) is 58.2 Å². The summed E-state index contributed by atoms with van der Waals surface area (Å²) in [6.45, 7) is 12.9. The van der Waals surface area contributed by atoms with Crippen molar-refractivity contribution < 1.29 is 18.7 Å². The Hall–Kier alpha value is -2.11.